The highest BCUT2D eigenvalue weighted by molar-refractivity contribution is 7.16. The van der Waals surface area contributed by atoms with Gasteiger partial charge in [0.1, 0.15) is 19.0 Å². The van der Waals surface area contributed by atoms with E-state index in [-0.39, 0.29) is 6.10 Å². The number of fused-ring (bicyclic) bond motifs is 2. The number of nitrogens with zero attached hydrogens (tertiary/aromatic N) is 4. The van der Waals surface area contributed by atoms with Crippen molar-refractivity contribution in [2.24, 2.45) is 0 Å². The van der Waals surface area contributed by atoms with E-state index in [0.29, 0.717) is 29.7 Å². The number of ether oxygens (including phenoxy) is 3. The zero-order valence-electron chi connectivity index (χ0n) is 13.6. The molecule has 0 saturated heterocycles. The van der Waals surface area contributed by atoms with Crippen LogP contribution in [0.1, 0.15) is 16.9 Å². The van der Waals surface area contributed by atoms with Crippen molar-refractivity contribution >= 4 is 16.3 Å². The van der Waals surface area contributed by atoms with Crippen LogP contribution in [0.4, 0.5) is 0 Å². The van der Waals surface area contributed by atoms with Crippen LogP contribution in [0.2, 0.25) is 0 Å². The summed E-state index contributed by atoms with van der Waals surface area (Å²) in [6, 6.07) is 17.2. The largest absolute Gasteiger partial charge is 0.486 e. The minimum Gasteiger partial charge on any atom is -0.486 e. The fourth-order valence-corrected chi connectivity index (χ4v) is 3.49. The van der Waals surface area contributed by atoms with Crippen LogP contribution >= 0.6 is 11.3 Å². The molecule has 4 aromatic rings. The Hall–Kier alpha value is -3.13. The Morgan fingerprint density at radius 2 is 1.85 bits per heavy atom. The van der Waals surface area contributed by atoms with Gasteiger partial charge in [-0.15, -0.1) is 10.2 Å². The molecule has 130 valence electrons. The molecule has 0 unspecified atom stereocenters. The van der Waals surface area contributed by atoms with Crippen molar-refractivity contribution in [3.05, 3.63) is 65.4 Å². The SMILES string of the molecule is c1ccc(OCc2nn3c([C@@H]4COc5ccccc5O4)nnc3s2)cc1. The molecule has 0 N–H and O–H groups in total. The van der Waals surface area contributed by atoms with E-state index in [0.717, 1.165) is 16.5 Å². The van der Waals surface area contributed by atoms with Crippen LogP contribution in [0.3, 0.4) is 0 Å². The molecule has 0 saturated carbocycles. The second kappa shape index (κ2) is 6.30. The van der Waals surface area contributed by atoms with E-state index < -0.39 is 0 Å². The van der Waals surface area contributed by atoms with Crippen molar-refractivity contribution in [2.45, 2.75) is 12.7 Å². The van der Waals surface area contributed by atoms with Crippen molar-refractivity contribution in [1.82, 2.24) is 19.8 Å². The van der Waals surface area contributed by atoms with Crippen molar-refractivity contribution in [1.29, 1.82) is 0 Å². The van der Waals surface area contributed by atoms with E-state index in [1.807, 2.05) is 54.6 Å². The Balaban J connectivity index is 1.37. The first-order valence-corrected chi connectivity index (χ1v) is 8.96. The molecule has 2 aromatic carbocycles. The zero-order valence-corrected chi connectivity index (χ0v) is 14.4. The van der Waals surface area contributed by atoms with Crippen LogP contribution in [-0.2, 0) is 6.61 Å². The maximum absolute atomic E-state index is 6.01. The average molecular weight is 366 g/mol. The van der Waals surface area contributed by atoms with Crippen LogP contribution in [0.5, 0.6) is 17.2 Å². The third-order valence-corrected chi connectivity index (χ3v) is 4.83. The summed E-state index contributed by atoms with van der Waals surface area (Å²) < 4.78 is 19.2. The minimum absolute atomic E-state index is 0.357. The van der Waals surface area contributed by atoms with Crippen LogP contribution < -0.4 is 14.2 Å². The molecule has 2 aromatic heterocycles. The van der Waals surface area contributed by atoms with Crippen molar-refractivity contribution in [2.75, 3.05) is 6.61 Å². The maximum Gasteiger partial charge on any atom is 0.234 e. The van der Waals surface area contributed by atoms with Gasteiger partial charge in [-0.05, 0) is 24.3 Å². The van der Waals surface area contributed by atoms with Crippen molar-refractivity contribution in [3.63, 3.8) is 0 Å². The summed E-state index contributed by atoms with van der Waals surface area (Å²) in [5.74, 6) is 2.86. The Morgan fingerprint density at radius 3 is 2.73 bits per heavy atom. The van der Waals surface area contributed by atoms with Gasteiger partial charge in [0.2, 0.25) is 4.96 Å². The molecule has 0 radical (unpaired) electrons. The Labute approximate surface area is 152 Å². The smallest absolute Gasteiger partial charge is 0.234 e. The molecule has 0 spiro atoms. The highest BCUT2D eigenvalue weighted by atomic mass is 32.1. The third kappa shape index (κ3) is 2.74. The van der Waals surface area contributed by atoms with Gasteiger partial charge in [0, 0.05) is 0 Å². The Morgan fingerprint density at radius 1 is 1.04 bits per heavy atom. The first kappa shape index (κ1) is 15.2. The third-order valence-electron chi connectivity index (χ3n) is 3.96. The summed E-state index contributed by atoms with van der Waals surface area (Å²) in [5, 5.41) is 13.8. The molecule has 1 atom stereocenters. The van der Waals surface area contributed by atoms with Gasteiger partial charge in [-0.25, -0.2) is 0 Å². The summed E-state index contributed by atoms with van der Waals surface area (Å²) in [6.07, 6.45) is -0.357. The quantitative estimate of drug-likeness (QED) is 0.552. The highest BCUT2D eigenvalue weighted by Gasteiger charge is 2.28. The first-order valence-electron chi connectivity index (χ1n) is 8.14. The second-order valence-corrected chi connectivity index (χ2v) is 6.75. The fraction of sp³-hybridized carbons (Fsp3) is 0.167. The van der Waals surface area contributed by atoms with Crippen LogP contribution in [-0.4, -0.2) is 26.4 Å². The summed E-state index contributed by atoms with van der Waals surface area (Å²) in [6.45, 7) is 0.744. The fourth-order valence-electron chi connectivity index (χ4n) is 2.74. The molecule has 0 aliphatic carbocycles. The lowest BCUT2D eigenvalue weighted by atomic mass is 10.2. The molecular formula is C18H14N4O3S. The van der Waals surface area contributed by atoms with E-state index >= 15 is 0 Å². The van der Waals surface area contributed by atoms with Crippen LogP contribution in [0.25, 0.3) is 4.96 Å². The van der Waals surface area contributed by atoms with Gasteiger partial charge in [0.05, 0.1) is 0 Å². The van der Waals surface area contributed by atoms with Gasteiger partial charge < -0.3 is 14.2 Å². The molecule has 0 amide bonds. The lowest BCUT2D eigenvalue weighted by Crippen LogP contribution is -2.23. The number of aromatic nitrogens is 4. The van der Waals surface area contributed by atoms with E-state index in [2.05, 4.69) is 15.3 Å². The van der Waals surface area contributed by atoms with Crippen LogP contribution in [0.15, 0.2) is 54.6 Å². The number of hydrogen-bond acceptors (Lipinski definition) is 7. The van der Waals surface area contributed by atoms with Crippen molar-refractivity contribution in [3.8, 4) is 17.2 Å². The highest BCUT2D eigenvalue weighted by Crippen LogP contribution is 2.35. The average Bonchev–Trinajstić information content (AvgIpc) is 3.27. The zero-order chi connectivity index (χ0) is 17.3. The van der Waals surface area contributed by atoms with Gasteiger partial charge in [0.25, 0.3) is 0 Å². The van der Waals surface area contributed by atoms with Crippen molar-refractivity contribution < 1.29 is 14.2 Å². The number of rotatable bonds is 4. The van der Waals surface area contributed by atoms with E-state index in [9.17, 15) is 0 Å². The minimum atomic E-state index is -0.357. The predicted octanol–water partition coefficient (Wildman–Crippen LogP) is 3.28. The normalized spacial score (nSPS) is 15.9. The molecule has 1 aliphatic heterocycles. The van der Waals surface area contributed by atoms with E-state index in [1.165, 1.54) is 11.3 Å². The van der Waals surface area contributed by atoms with Gasteiger partial charge in [-0.3, -0.25) is 0 Å². The van der Waals surface area contributed by atoms with Crippen LogP contribution in [0, 0.1) is 0 Å². The van der Waals surface area contributed by atoms with Gasteiger partial charge in [0.15, 0.2) is 28.4 Å². The lowest BCUT2D eigenvalue weighted by Gasteiger charge is -2.24. The molecule has 1 aliphatic rings. The summed E-state index contributed by atoms with van der Waals surface area (Å²) in [5.41, 5.74) is 0. The maximum atomic E-state index is 6.01. The first-order chi connectivity index (χ1) is 12.9. The molecule has 3 heterocycles. The Bertz CT molecular complexity index is 1050. The van der Waals surface area contributed by atoms with E-state index in [4.69, 9.17) is 14.2 Å². The molecule has 8 heteroatoms. The summed E-state index contributed by atoms with van der Waals surface area (Å²) in [7, 11) is 0. The Kier molecular flexibility index (Phi) is 3.67. The topological polar surface area (TPSA) is 70.8 Å². The molecule has 0 bridgehead atoms. The van der Waals surface area contributed by atoms with E-state index in [1.54, 1.807) is 4.52 Å². The van der Waals surface area contributed by atoms with Gasteiger partial charge in [-0.1, -0.05) is 41.7 Å². The van der Waals surface area contributed by atoms with Gasteiger partial charge in [-0.2, -0.15) is 9.61 Å². The molecular weight excluding hydrogens is 352 g/mol. The standard InChI is InChI=1S/C18H14N4O3S/c1-2-6-12(7-3-1)23-11-16-21-22-17(19-20-18(22)26-16)15-10-24-13-8-4-5-9-14(13)25-15/h1-9,15H,10-11H2/t15-/m0/s1. The summed E-state index contributed by atoms with van der Waals surface area (Å²) in [4.78, 5) is 0.703. The molecule has 7 nitrogen and oxygen atoms in total. The number of hydrogen-bond donors (Lipinski definition) is 0. The second-order valence-electron chi connectivity index (χ2n) is 5.71. The summed E-state index contributed by atoms with van der Waals surface area (Å²) >= 11 is 1.44. The molecule has 5 rings (SSSR count). The lowest BCUT2D eigenvalue weighted by molar-refractivity contribution is 0.0835. The molecule has 26 heavy (non-hydrogen) atoms. The monoisotopic (exact) mass is 366 g/mol. The van der Waals surface area contributed by atoms with Gasteiger partial charge >= 0.3 is 0 Å². The molecule has 0 fully saturated rings. The predicted molar refractivity (Wildman–Crippen MR) is 94.7 cm³/mol. The number of benzene rings is 2. The number of para-hydroxylation sites is 3.